The Morgan fingerprint density at radius 3 is 2.69 bits per heavy atom. The van der Waals surface area contributed by atoms with Gasteiger partial charge in [-0.3, -0.25) is 14.5 Å². The predicted octanol–water partition coefficient (Wildman–Crippen LogP) is 4.30. The lowest BCUT2D eigenvalue weighted by atomic mass is 10.1. The first kappa shape index (κ1) is 21.1. The van der Waals surface area contributed by atoms with Crippen molar-refractivity contribution in [2.45, 2.75) is 31.6 Å². The van der Waals surface area contributed by atoms with E-state index in [1.165, 1.54) is 18.2 Å². The number of amides is 2. The number of fused-ring (bicyclic) bond motifs is 1. The second-order valence-electron chi connectivity index (χ2n) is 6.75. The predicted molar refractivity (Wildman–Crippen MR) is 105 cm³/mol. The number of rotatable bonds is 4. The number of hydrogen-bond acceptors (Lipinski definition) is 3. The lowest BCUT2D eigenvalue weighted by molar-refractivity contribution is -0.157. The zero-order valence-electron chi connectivity index (χ0n) is 15.5. The fourth-order valence-corrected chi connectivity index (χ4v) is 3.41. The van der Waals surface area contributed by atoms with Gasteiger partial charge < -0.3 is 10.6 Å². The molecule has 9 heteroatoms. The molecule has 0 fully saturated rings. The summed E-state index contributed by atoms with van der Waals surface area (Å²) in [7, 11) is 0. The van der Waals surface area contributed by atoms with Gasteiger partial charge in [0.25, 0.3) is 0 Å². The van der Waals surface area contributed by atoms with E-state index in [1.54, 1.807) is 37.3 Å². The molecule has 1 heterocycles. The molecule has 0 saturated heterocycles. The molecule has 0 bridgehead atoms. The first-order valence-corrected chi connectivity index (χ1v) is 9.31. The number of alkyl halides is 3. The summed E-state index contributed by atoms with van der Waals surface area (Å²) in [6.45, 7) is 1.43. The van der Waals surface area contributed by atoms with Crippen LogP contribution in [-0.4, -0.2) is 30.6 Å². The van der Waals surface area contributed by atoms with Crippen LogP contribution in [-0.2, 0) is 9.59 Å². The number of nitrogens with zero attached hydrogens (tertiary/aromatic N) is 1. The molecule has 0 radical (unpaired) electrons. The lowest BCUT2D eigenvalue weighted by Gasteiger charge is -2.32. The maximum atomic E-state index is 13.7. The summed E-state index contributed by atoms with van der Waals surface area (Å²) < 4.78 is 41.1. The van der Waals surface area contributed by atoms with Crippen LogP contribution in [0.25, 0.3) is 0 Å². The van der Waals surface area contributed by atoms with E-state index in [0.29, 0.717) is 9.92 Å². The quantitative estimate of drug-likeness (QED) is 0.768. The summed E-state index contributed by atoms with van der Waals surface area (Å²) in [5.74, 6) is -1.58. The highest BCUT2D eigenvalue weighted by Gasteiger charge is 2.48. The minimum Gasteiger partial charge on any atom is -0.324 e. The Kier molecular flexibility index (Phi) is 6.14. The SMILES string of the molecule is C[C@H](NCC(=O)N1c2ccccc2NC(=O)C[C@H]1C(F)(F)F)c1cccc(Cl)c1. The summed E-state index contributed by atoms with van der Waals surface area (Å²) in [6, 6.07) is 10.4. The molecule has 2 N–H and O–H groups in total. The van der Waals surface area contributed by atoms with E-state index >= 15 is 0 Å². The van der Waals surface area contributed by atoms with Crippen molar-refractivity contribution in [2.75, 3.05) is 16.8 Å². The molecule has 3 rings (SSSR count). The van der Waals surface area contributed by atoms with E-state index in [9.17, 15) is 22.8 Å². The van der Waals surface area contributed by atoms with E-state index in [2.05, 4.69) is 10.6 Å². The first-order chi connectivity index (χ1) is 13.7. The molecule has 2 aromatic rings. The summed E-state index contributed by atoms with van der Waals surface area (Å²) in [5, 5.41) is 5.89. The number of halogens is 4. The molecule has 1 aliphatic rings. The van der Waals surface area contributed by atoms with Crippen molar-refractivity contribution in [1.82, 2.24) is 5.32 Å². The van der Waals surface area contributed by atoms with Crippen LogP contribution < -0.4 is 15.5 Å². The molecule has 0 unspecified atom stereocenters. The summed E-state index contributed by atoms with van der Waals surface area (Å²) in [6.07, 6.45) is -5.63. The van der Waals surface area contributed by atoms with Crippen LogP contribution in [0.3, 0.4) is 0 Å². The van der Waals surface area contributed by atoms with Gasteiger partial charge >= 0.3 is 6.18 Å². The van der Waals surface area contributed by atoms with Crippen LogP contribution >= 0.6 is 11.6 Å². The summed E-state index contributed by atoms with van der Waals surface area (Å²) in [5.41, 5.74) is 0.981. The number of nitrogens with one attached hydrogen (secondary N) is 2. The van der Waals surface area contributed by atoms with Gasteiger partial charge in [-0.1, -0.05) is 35.9 Å². The van der Waals surface area contributed by atoms with Crippen LogP contribution in [0.1, 0.15) is 24.9 Å². The standard InChI is InChI=1S/C20H19ClF3N3O2/c1-12(13-5-4-6-14(21)9-13)25-11-19(29)27-16-8-3-2-7-15(16)26-18(28)10-17(27)20(22,23)24/h2-9,12,17,25H,10-11H2,1H3,(H,26,28)/t12-,17-/m0/s1. The second kappa shape index (κ2) is 8.42. The number of para-hydroxylation sites is 2. The molecule has 0 aromatic heterocycles. The average Bonchev–Trinajstić information content (AvgIpc) is 2.81. The Morgan fingerprint density at radius 1 is 1.28 bits per heavy atom. The monoisotopic (exact) mass is 425 g/mol. The van der Waals surface area contributed by atoms with Crippen molar-refractivity contribution in [3.8, 4) is 0 Å². The van der Waals surface area contributed by atoms with Crippen molar-refractivity contribution in [1.29, 1.82) is 0 Å². The largest absolute Gasteiger partial charge is 0.409 e. The fourth-order valence-electron chi connectivity index (χ4n) is 3.22. The Hall–Kier alpha value is -2.58. The van der Waals surface area contributed by atoms with E-state index in [0.717, 1.165) is 5.56 Å². The lowest BCUT2D eigenvalue weighted by Crippen LogP contribution is -2.52. The number of benzene rings is 2. The molecule has 2 amide bonds. The van der Waals surface area contributed by atoms with Gasteiger partial charge in [0, 0.05) is 11.1 Å². The van der Waals surface area contributed by atoms with Crippen LogP contribution in [0, 0.1) is 0 Å². The zero-order valence-corrected chi connectivity index (χ0v) is 16.2. The van der Waals surface area contributed by atoms with E-state index in [-0.39, 0.29) is 24.0 Å². The van der Waals surface area contributed by atoms with Crippen LogP contribution in [0.4, 0.5) is 24.5 Å². The molecule has 2 aromatic carbocycles. The Morgan fingerprint density at radius 2 is 2.00 bits per heavy atom. The topological polar surface area (TPSA) is 61.4 Å². The first-order valence-electron chi connectivity index (χ1n) is 8.93. The highest BCUT2D eigenvalue weighted by molar-refractivity contribution is 6.30. The molecule has 29 heavy (non-hydrogen) atoms. The zero-order chi connectivity index (χ0) is 21.2. The van der Waals surface area contributed by atoms with Crippen molar-refractivity contribution in [3.05, 3.63) is 59.1 Å². The maximum Gasteiger partial charge on any atom is 0.409 e. The van der Waals surface area contributed by atoms with E-state index in [4.69, 9.17) is 11.6 Å². The minimum absolute atomic E-state index is 0.0166. The molecule has 2 atom stereocenters. The molecular formula is C20H19ClF3N3O2. The van der Waals surface area contributed by atoms with Gasteiger partial charge in [0.1, 0.15) is 6.04 Å². The normalized spacial score (nSPS) is 17.9. The highest BCUT2D eigenvalue weighted by Crippen LogP contribution is 2.37. The smallest absolute Gasteiger partial charge is 0.324 e. The number of hydrogen-bond donors (Lipinski definition) is 2. The van der Waals surface area contributed by atoms with E-state index < -0.39 is 30.5 Å². The van der Waals surface area contributed by atoms with Crippen molar-refractivity contribution < 1.29 is 22.8 Å². The highest BCUT2D eigenvalue weighted by atomic mass is 35.5. The summed E-state index contributed by atoms with van der Waals surface area (Å²) in [4.78, 5) is 25.5. The number of carbonyl (C=O) groups is 2. The van der Waals surface area contributed by atoms with Gasteiger partial charge in [0.2, 0.25) is 11.8 Å². The third-order valence-electron chi connectivity index (χ3n) is 4.68. The molecule has 5 nitrogen and oxygen atoms in total. The van der Waals surface area contributed by atoms with Gasteiger partial charge in [0.05, 0.1) is 24.3 Å². The molecular weight excluding hydrogens is 407 g/mol. The Balaban J connectivity index is 1.86. The van der Waals surface area contributed by atoms with Gasteiger partial charge in [-0.25, -0.2) is 0 Å². The fraction of sp³-hybridized carbons (Fsp3) is 0.300. The number of anilines is 2. The van der Waals surface area contributed by atoms with Crippen LogP contribution in [0.2, 0.25) is 5.02 Å². The van der Waals surface area contributed by atoms with Crippen molar-refractivity contribution >= 4 is 34.8 Å². The Bertz CT molecular complexity index is 920. The van der Waals surface area contributed by atoms with Gasteiger partial charge in [-0.2, -0.15) is 13.2 Å². The minimum atomic E-state index is -4.76. The van der Waals surface area contributed by atoms with Crippen molar-refractivity contribution in [3.63, 3.8) is 0 Å². The molecule has 0 aliphatic carbocycles. The summed E-state index contributed by atoms with van der Waals surface area (Å²) >= 11 is 5.96. The Labute approximate surface area is 170 Å². The van der Waals surface area contributed by atoms with Crippen LogP contribution in [0.15, 0.2) is 48.5 Å². The molecule has 154 valence electrons. The second-order valence-corrected chi connectivity index (χ2v) is 7.18. The van der Waals surface area contributed by atoms with Crippen molar-refractivity contribution in [2.24, 2.45) is 0 Å². The third-order valence-corrected chi connectivity index (χ3v) is 4.92. The molecule has 1 aliphatic heterocycles. The maximum absolute atomic E-state index is 13.7. The molecule has 0 spiro atoms. The van der Waals surface area contributed by atoms with Gasteiger partial charge in [-0.05, 0) is 36.8 Å². The van der Waals surface area contributed by atoms with Gasteiger partial charge in [-0.15, -0.1) is 0 Å². The van der Waals surface area contributed by atoms with Crippen LogP contribution in [0.5, 0.6) is 0 Å². The van der Waals surface area contributed by atoms with Gasteiger partial charge in [0.15, 0.2) is 0 Å². The number of carbonyl (C=O) groups excluding carboxylic acids is 2. The van der Waals surface area contributed by atoms with E-state index in [1.807, 2.05) is 0 Å². The third kappa shape index (κ3) is 4.89. The molecule has 0 saturated carbocycles. The average molecular weight is 426 g/mol.